The zero-order chi connectivity index (χ0) is 10.5. The number of rotatable bonds is 5. The Morgan fingerprint density at radius 2 is 2.40 bits per heavy atom. The zero-order valence-electron chi connectivity index (χ0n) is 9.03. The molecular formula is C10H17N3O2. The summed E-state index contributed by atoms with van der Waals surface area (Å²) >= 11 is 0. The van der Waals surface area contributed by atoms with Crippen LogP contribution in [0.1, 0.15) is 30.5 Å². The first-order chi connectivity index (χ1) is 7.40. The second kappa shape index (κ2) is 5.23. The van der Waals surface area contributed by atoms with E-state index in [2.05, 4.69) is 15.5 Å². The van der Waals surface area contributed by atoms with Crippen molar-refractivity contribution in [2.24, 2.45) is 0 Å². The third kappa shape index (κ3) is 2.76. The molecule has 5 nitrogen and oxygen atoms in total. The normalized spacial score (nSPS) is 21.0. The van der Waals surface area contributed by atoms with E-state index in [4.69, 9.17) is 9.15 Å². The molecule has 0 radical (unpaired) electrons. The van der Waals surface area contributed by atoms with Crippen LogP contribution in [0, 0.1) is 0 Å². The minimum Gasteiger partial charge on any atom is -0.425 e. The average molecular weight is 211 g/mol. The van der Waals surface area contributed by atoms with E-state index in [1.165, 1.54) is 0 Å². The quantitative estimate of drug-likeness (QED) is 0.727. The summed E-state index contributed by atoms with van der Waals surface area (Å²) in [6.45, 7) is 2.50. The molecule has 0 bridgehead atoms. The number of nitrogens with zero attached hydrogens (tertiary/aromatic N) is 2. The van der Waals surface area contributed by atoms with Crippen LogP contribution in [0.2, 0.25) is 0 Å². The monoisotopic (exact) mass is 211 g/mol. The lowest BCUT2D eigenvalue weighted by molar-refractivity contribution is 0.190. The van der Waals surface area contributed by atoms with E-state index < -0.39 is 0 Å². The molecule has 5 heteroatoms. The molecule has 15 heavy (non-hydrogen) atoms. The van der Waals surface area contributed by atoms with Gasteiger partial charge < -0.3 is 14.5 Å². The van der Waals surface area contributed by atoms with Gasteiger partial charge in [0.2, 0.25) is 11.8 Å². The summed E-state index contributed by atoms with van der Waals surface area (Å²) < 4.78 is 10.9. The maximum atomic E-state index is 5.58. The van der Waals surface area contributed by atoms with E-state index in [0.717, 1.165) is 50.8 Å². The van der Waals surface area contributed by atoms with E-state index >= 15 is 0 Å². The summed E-state index contributed by atoms with van der Waals surface area (Å²) in [6, 6.07) is 0. The molecule has 0 aromatic carbocycles. The van der Waals surface area contributed by atoms with Crippen LogP contribution in [0.3, 0.4) is 0 Å². The summed E-state index contributed by atoms with van der Waals surface area (Å²) in [5, 5.41) is 11.2. The van der Waals surface area contributed by atoms with Crippen molar-refractivity contribution in [3.63, 3.8) is 0 Å². The van der Waals surface area contributed by atoms with Gasteiger partial charge in [0.05, 0.1) is 12.5 Å². The second-order valence-corrected chi connectivity index (χ2v) is 3.80. The summed E-state index contributed by atoms with van der Waals surface area (Å²) in [5.41, 5.74) is 0. The Morgan fingerprint density at radius 1 is 1.47 bits per heavy atom. The lowest BCUT2D eigenvalue weighted by Gasteiger charge is -1.99. The fourth-order valence-electron chi connectivity index (χ4n) is 1.68. The molecular weight excluding hydrogens is 194 g/mol. The first-order valence-corrected chi connectivity index (χ1v) is 5.45. The van der Waals surface area contributed by atoms with Crippen LogP contribution in [-0.2, 0) is 11.2 Å². The molecule has 0 amide bonds. The summed E-state index contributed by atoms with van der Waals surface area (Å²) in [5.74, 6) is 1.80. The van der Waals surface area contributed by atoms with Gasteiger partial charge in [0, 0.05) is 13.0 Å². The number of aryl methyl sites for hydroxylation is 1. The van der Waals surface area contributed by atoms with Crippen molar-refractivity contribution in [2.45, 2.75) is 25.2 Å². The van der Waals surface area contributed by atoms with E-state index in [1.807, 2.05) is 7.05 Å². The van der Waals surface area contributed by atoms with Crippen LogP contribution in [0.5, 0.6) is 0 Å². The van der Waals surface area contributed by atoms with Crippen molar-refractivity contribution in [1.29, 1.82) is 0 Å². The van der Waals surface area contributed by atoms with Crippen LogP contribution in [0.4, 0.5) is 0 Å². The Balaban J connectivity index is 1.86. The molecule has 0 spiro atoms. The Hall–Kier alpha value is -0.940. The van der Waals surface area contributed by atoms with Crippen molar-refractivity contribution >= 4 is 0 Å². The first kappa shape index (κ1) is 10.6. The maximum absolute atomic E-state index is 5.58. The van der Waals surface area contributed by atoms with E-state index in [-0.39, 0.29) is 0 Å². The fraction of sp³-hybridized carbons (Fsp3) is 0.800. The fourth-order valence-corrected chi connectivity index (χ4v) is 1.68. The van der Waals surface area contributed by atoms with Crippen LogP contribution >= 0.6 is 0 Å². The summed E-state index contributed by atoms with van der Waals surface area (Å²) in [4.78, 5) is 0. The van der Waals surface area contributed by atoms with Gasteiger partial charge in [-0.15, -0.1) is 10.2 Å². The van der Waals surface area contributed by atoms with Gasteiger partial charge in [-0.3, -0.25) is 0 Å². The lowest BCUT2D eigenvalue weighted by atomic mass is 10.1. The van der Waals surface area contributed by atoms with Gasteiger partial charge in [0.15, 0.2) is 0 Å². The molecule has 0 aliphatic carbocycles. The third-order valence-corrected chi connectivity index (χ3v) is 2.58. The number of nitrogens with one attached hydrogen (secondary N) is 1. The summed E-state index contributed by atoms with van der Waals surface area (Å²) in [7, 11) is 1.94. The van der Waals surface area contributed by atoms with Crippen molar-refractivity contribution < 1.29 is 9.15 Å². The molecule has 0 saturated carbocycles. The highest BCUT2D eigenvalue weighted by atomic mass is 16.5. The average Bonchev–Trinajstić information content (AvgIpc) is 2.87. The lowest BCUT2D eigenvalue weighted by Crippen LogP contribution is -2.08. The number of hydrogen-bond donors (Lipinski definition) is 1. The van der Waals surface area contributed by atoms with Gasteiger partial charge in [-0.05, 0) is 26.4 Å². The van der Waals surface area contributed by atoms with Gasteiger partial charge in [-0.25, -0.2) is 0 Å². The van der Waals surface area contributed by atoms with Gasteiger partial charge in [0.25, 0.3) is 0 Å². The number of hydrogen-bond acceptors (Lipinski definition) is 5. The molecule has 2 rings (SSSR count). The van der Waals surface area contributed by atoms with Gasteiger partial charge in [-0.1, -0.05) is 0 Å². The number of aromatic nitrogens is 2. The van der Waals surface area contributed by atoms with Crippen LogP contribution in [0.25, 0.3) is 0 Å². The van der Waals surface area contributed by atoms with Crippen molar-refractivity contribution in [1.82, 2.24) is 15.5 Å². The molecule has 84 valence electrons. The highest BCUT2D eigenvalue weighted by molar-refractivity contribution is 4.93. The van der Waals surface area contributed by atoms with E-state index in [9.17, 15) is 0 Å². The van der Waals surface area contributed by atoms with Crippen molar-refractivity contribution in [2.75, 3.05) is 26.8 Å². The van der Waals surface area contributed by atoms with Crippen LogP contribution < -0.4 is 5.32 Å². The van der Waals surface area contributed by atoms with Gasteiger partial charge in [0.1, 0.15) is 0 Å². The summed E-state index contributed by atoms with van der Waals surface area (Å²) in [6.07, 6.45) is 2.87. The standard InChI is InChI=1S/C10H17N3O2/c1-11-5-2-3-9-12-13-10(15-9)8-4-6-14-7-8/h8,11H,2-7H2,1H3. The molecule has 1 unspecified atom stereocenters. The number of ether oxygens (including phenoxy) is 1. The van der Waals surface area contributed by atoms with E-state index in [0.29, 0.717) is 5.92 Å². The Labute approximate surface area is 89.2 Å². The molecule has 1 atom stereocenters. The van der Waals surface area contributed by atoms with Crippen LogP contribution in [-0.4, -0.2) is 37.0 Å². The largest absolute Gasteiger partial charge is 0.425 e. The molecule has 1 aliphatic rings. The second-order valence-electron chi connectivity index (χ2n) is 3.80. The van der Waals surface area contributed by atoms with Gasteiger partial charge in [-0.2, -0.15) is 0 Å². The predicted octanol–water partition coefficient (Wildman–Crippen LogP) is 0.725. The molecule has 2 heterocycles. The molecule has 1 aliphatic heterocycles. The predicted molar refractivity (Wildman–Crippen MR) is 54.7 cm³/mol. The zero-order valence-corrected chi connectivity index (χ0v) is 9.03. The molecule has 1 N–H and O–H groups in total. The molecule has 1 saturated heterocycles. The molecule has 1 fully saturated rings. The topological polar surface area (TPSA) is 60.2 Å². The van der Waals surface area contributed by atoms with Crippen LogP contribution in [0.15, 0.2) is 4.42 Å². The Bertz CT molecular complexity index is 295. The SMILES string of the molecule is CNCCCc1nnc(C2CCOC2)o1. The maximum Gasteiger partial charge on any atom is 0.222 e. The minimum absolute atomic E-state index is 0.315. The van der Waals surface area contributed by atoms with E-state index in [1.54, 1.807) is 0 Å². The highest BCUT2D eigenvalue weighted by Crippen LogP contribution is 2.23. The Morgan fingerprint density at radius 3 is 3.13 bits per heavy atom. The third-order valence-electron chi connectivity index (χ3n) is 2.58. The Kier molecular flexibility index (Phi) is 3.69. The van der Waals surface area contributed by atoms with Gasteiger partial charge >= 0.3 is 0 Å². The van der Waals surface area contributed by atoms with Crippen molar-refractivity contribution in [3.8, 4) is 0 Å². The minimum atomic E-state index is 0.315. The highest BCUT2D eigenvalue weighted by Gasteiger charge is 2.23. The molecule has 1 aromatic rings. The molecule has 1 aromatic heterocycles. The first-order valence-electron chi connectivity index (χ1n) is 5.45. The smallest absolute Gasteiger partial charge is 0.222 e. The van der Waals surface area contributed by atoms with Crippen molar-refractivity contribution in [3.05, 3.63) is 11.8 Å².